The number of benzene rings is 2. The lowest BCUT2D eigenvalue weighted by molar-refractivity contribution is 0.499. The molecule has 0 radical (unpaired) electrons. The number of hydrogen-bond donors (Lipinski definition) is 0. The number of sulfone groups is 1. The van der Waals surface area contributed by atoms with Gasteiger partial charge in [-0.25, -0.2) is 8.42 Å². The molecule has 0 atom stereocenters. The number of aromatic nitrogens is 1. The molecule has 0 aliphatic carbocycles. The molecular weight excluding hydrogens is 419 g/mol. The van der Waals surface area contributed by atoms with Gasteiger partial charge in [-0.3, -0.25) is 0 Å². The van der Waals surface area contributed by atoms with E-state index in [1.165, 1.54) is 12.1 Å². The summed E-state index contributed by atoms with van der Waals surface area (Å²) in [6.45, 7) is 1.45. The van der Waals surface area contributed by atoms with Crippen molar-refractivity contribution in [2.45, 2.75) is 29.2 Å². The quantitative estimate of drug-likeness (QED) is 0.542. The normalized spacial score (nSPS) is 15.0. The van der Waals surface area contributed by atoms with E-state index in [2.05, 4.69) is 4.98 Å². The third kappa shape index (κ3) is 3.64. The molecule has 146 valence electrons. The number of oxazole rings is 1. The standard InChI is InChI=1S/C20H18Cl2N2O3S/c21-14-8-10-15(11-9-14)28(25,26)19-20(24-12-4-1-5-13-24)27-18(23-19)16-6-2-3-7-17(16)22/h2-3,6-11H,1,4-5,12-13H2. The number of halogens is 2. The van der Waals surface area contributed by atoms with E-state index in [1.54, 1.807) is 36.4 Å². The van der Waals surface area contributed by atoms with Crippen molar-refractivity contribution in [3.05, 3.63) is 58.6 Å². The lowest BCUT2D eigenvalue weighted by Crippen LogP contribution is -2.30. The van der Waals surface area contributed by atoms with Gasteiger partial charge in [-0.05, 0) is 55.7 Å². The molecule has 0 saturated carbocycles. The Morgan fingerprint density at radius 3 is 2.29 bits per heavy atom. The maximum absolute atomic E-state index is 13.3. The van der Waals surface area contributed by atoms with Crippen LogP contribution in [0.4, 0.5) is 5.88 Å². The van der Waals surface area contributed by atoms with Gasteiger partial charge in [0.25, 0.3) is 0 Å². The van der Waals surface area contributed by atoms with Crippen molar-refractivity contribution >= 4 is 38.9 Å². The molecule has 3 aromatic rings. The summed E-state index contributed by atoms with van der Waals surface area (Å²) in [7, 11) is -3.88. The van der Waals surface area contributed by atoms with Gasteiger partial charge in [-0.15, -0.1) is 0 Å². The molecule has 4 rings (SSSR count). The molecule has 0 amide bonds. The summed E-state index contributed by atoms with van der Waals surface area (Å²) in [5.41, 5.74) is 0.556. The topological polar surface area (TPSA) is 63.4 Å². The van der Waals surface area contributed by atoms with Crippen molar-refractivity contribution in [1.82, 2.24) is 4.98 Å². The van der Waals surface area contributed by atoms with Crippen molar-refractivity contribution in [2.75, 3.05) is 18.0 Å². The minimum Gasteiger partial charge on any atom is -0.419 e. The Labute approximate surface area is 173 Å². The summed E-state index contributed by atoms with van der Waals surface area (Å²) in [5, 5.41) is 0.822. The Bertz CT molecular complexity index is 1090. The Balaban J connectivity index is 1.87. The van der Waals surface area contributed by atoms with Crippen LogP contribution in [0.1, 0.15) is 19.3 Å². The minimum atomic E-state index is -3.88. The summed E-state index contributed by atoms with van der Waals surface area (Å²) in [6.07, 6.45) is 3.06. The molecule has 0 unspecified atom stereocenters. The Morgan fingerprint density at radius 1 is 0.929 bits per heavy atom. The lowest BCUT2D eigenvalue weighted by Gasteiger charge is -2.26. The van der Waals surface area contributed by atoms with Crippen LogP contribution in [0.5, 0.6) is 0 Å². The zero-order valence-corrected chi connectivity index (χ0v) is 17.3. The molecule has 1 aromatic heterocycles. The van der Waals surface area contributed by atoms with Gasteiger partial charge in [0.1, 0.15) is 0 Å². The molecule has 5 nitrogen and oxygen atoms in total. The first kappa shape index (κ1) is 19.3. The summed E-state index contributed by atoms with van der Waals surface area (Å²) < 4.78 is 32.6. The van der Waals surface area contributed by atoms with E-state index in [4.69, 9.17) is 27.6 Å². The van der Waals surface area contributed by atoms with Crippen LogP contribution < -0.4 is 4.90 Å². The monoisotopic (exact) mass is 436 g/mol. The highest BCUT2D eigenvalue weighted by Gasteiger charge is 2.32. The van der Waals surface area contributed by atoms with Gasteiger partial charge in [0.2, 0.25) is 26.6 Å². The van der Waals surface area contributed by atoms with Gasteiger partial charge in [0.05, 0.1) is 15.5 Å². The van der Waals surface area contributed by atoms with Crippen LogP contribution in [0.3, 0.4) is 0 Å². The van der Waals surface area contributed by atoms with Gasteiger partial charge in [0.15, 0.2) is 0 Å². The van der Waals surface area contributed by atoms with Crippen molar-refractivity contribution in [3.8, 4) is 11.5 Å². The van der Waals surface area contributed by atoms with Crippen LogP contribution in [0.25, 0.3) is 11.5 Å². The van der Waals surface area contributed by atoms with Crippen LogP contribution in [0.2, 0.25) is 10.0 Å². The fraction of sp³-hybridized carbons (Fsp3) is 0.250. The molecule has 1 fully saturated rings. The third-order valence-corrected chi connectivity index (χ3v) is 6.95. The molecule has 2 aromatic carbocycles. The van der Waals surface area contributed by atoms with Gasteiger partial charge >= 0.3 is 0 Å². The summed E-state index contributed by atoms with van der Waals surface area (Å²) in [5.74, 6) is 0.461. The first-order valence-corrected chi connectivity index (χ1v) is 11.2. The Morgan fingerprint density at radius 2 is 1.61 bits per heavy atom. The van der Waals surface area contributed by atoms with Crippen molar-refractivity contribution < 1.29 is 12.8 Å². The number of piperidine rings is 1. The SMILES string of the molecule is O=S(=O)(c1ccc(Cl)cc1)c1nc(-c2ccccc2Cl)oc1N1CCCCC1. The van der Waals surface area contributed by atoms with Crippen LogP contribution in [0.15, 0.2) is 62.9 Å². The molecule has 0 N–H and O–H groups in total. The van der Waals surface area contributed by atoms with Crippen LogP contribution in [-0.2, 0) is 9.84 Å². The van der Waals surface area contributed by atoms with Crippen LogP contribution in [0, 0.1) is 0 Å². The molecule has 1 saturated heterocycles. The number of nitrogens with zero attached hydrogens (tertiary/aromatic N) is 2. The maximum Gasteiger partial charge on any atom is 0.236 e. The second-order valence-electron chi connectivity index (χ2n) is 6.61. The van der Waals surface area contributed by atoms with Crippen LogP contribution in [-0.4, -0.2) is 26.5 Å². The lowest BCUT2D eigenvalue weighted by atomic mass is 10.1. The Kier molecular flexibility index (Phi) is 5.36. The summed E-state index contributed by atoms with van der Waals surface area (Å²) in [6, 6.07) is 13.1. The first-order valence-electron chi connectivity index (χ1n) is 8.98. The van der Waals surface area contributed by atoms with Crippen LogP contribution >= 0.6 is 23.2 Å². The van der Waals surface area contributed by atoms with Crippen molar-refractivity contribution in [2.24, 2.45) is 0 Å². The van der Waals surface area contributed by atoms with E-state index < -0.39 is 9.84 Å². The van der Waals surface area contributed by atoms with Gasteiger partial charge in [-0.2, -0.15) is 4.98 Å². The van der Waals surface area contributed by atoms with E-state index in [0.29, 0.717) is 15.6 Å². The predicted molar refractivity (Wildman–Crippen MR) is 110 cm³/mol. The fourth-order valence-corrected chi connectivity index (χ4v) is 4.91. The molecule has 0 spiro atoms. The first-order chi connectivity index (χ1) is 13.5. The second kappa shape index (κ2) is 7.78. The van der Waals surface area contributed by atoms with E-state index >= 15 is 0 Å². The molecule has 28 heavy (non-hydrogen) atoms. The number of hydrogen-bond acceptors (Lipinski definition) is 5. The average molecular weight is 437 g/mol. The highest BCUT2D eigenvalue weighted by Crippen LogP contribution is 2.37. The Hall–Kier alpha value is -2.02. The molecule has 1 aliphatic heterocycles. The fourth-order valence-electron chi connectivity index (χ4n) is 3.25. The van der Waals surface area contributed by atoms with E-state index in [9.17, 15) is 8.42 Å². The molecular formula is C20H18Cl2N2O3S. The van der Waals surface area contributed by atoms with Gasteiger partial charge in [-0.1, -0.05) is 35.3 Å². The van der Waals surface area contributed by atoms with E-state index in [-0.39, 0.29) is 21.7 Å². The minimum absolute atomic E-state index is 0.0911. The largest absolute Gasteiger partial charge is 0.419 e. The predicted octanol–water partition coefficient (Wildman–Crippen LogP) is 5.47. The van der Waals surface area contributed by atoms with E-state index in [1.807, 2.05) is 4.90 Å². The highest BCUT2D eigenvalue weighted by molar-refractivity contribution is 7.91. The number of anilines is 1. The molecule has 2 heterocycles. The average Bonchev–Trinajstić information content (AvgIpc) is 3.15. The second-order valence-corrected chi connectivity index (χ2v) is 9.32. The molecule has 8 heteroatoms. The maximum atomic E-state index is 13.3. The summed E-state index contributed by atoms with van der Waals surface area (Å²) in [4.78, 5) is 6.44. The van der Waals surface area contributed by atoms with Gasteiger partial charge in [0, 0.05) is 18.1 Å². The van der Waals surface area contributed by atoms with Crippen molar-refractivity contribution in [1.29, 1.82) is 0 Å². The smallest absolute Gasteiger partial charge is 0.236 e. The van der Waals surface area contributed by atoms with E-state index in [0.717, 1.165) is 32.4 Å². The zero-order valence-electron chi connectivity index (χ0n) is 14.9. The zero-order chi connectivity index (χ0) is 19.7. The third-order valence-electron chi connectivity index (χ3n) is 4.71. The van der Waals surface area contributed by atoms with Crippen molar-refractivity contribution in [3.63, 3.8) is 0 Å². The molecule has 0 bridgehead atoms. The molecule has 1 aliphatic rings. The van der Waals surface area contributed by atoms with Gasteiger partial charge < -0.3 is 9.32 Å². The summed E-state index contributed by atoms with van der Waals surface area (Å²) >= 11 is 12.2. The number of rotatable bonds is 4. The highest BCUT2D eigenvalue weighted by atomic mass is 35.5.